The molecule has 1 amide bonds. The van der Waals surface area contributed by atoms with E-state index in [2.05, 4.69) is 14.8 Å². The van der Waals surface area contributed by atoms with E-state index in [1.54, 1.807) is 30.3 Å². The highest BCUT2D eigenvalue weighted by Gasteiger charge is 2.16. The van der Waals surface area contributed by atoms with Gasteiger partial charge in [-0.15, -0.1) is 0 Å². The lowest BCUT2D eigenvalue weighted by atomic mass is 10.2. The topological polar surface area (TPSA) is 81.7 Å². The molecular weight excluding hydrogens is 250 g/mol. The molecule has 19 heavy (non-hydrogen) atoms. The summed E-state index contributed by atoms with van der Waals surface area (Å²) in [5, 5.41) is 2.30. The quantitative estimate of drug-likeness (QED) is 0.637. The number of rotatable bonds is 4. The van der Waals surface area contributed by atoms with Crippen LogP contribution in [0.15, 0.2) is 42.1 Å². The number of carbonyl (C=O) groups excluding carboxylic acids is 3. The predicted molar refractivity (Wildman–Crippen MR) is 66.0 cm³/mol. The molecule has 0 fully saturated rings. The zero-order valence-corrected chi connectivity index (χ0v) is 10.5. The maximum Gasteiger partial charge on any atom is 0.354 e. The minimum Gasteiger partial charge on any atom is -0.466 e. The number of carbonyl (C=O) groups is 3. The summed E-state index contributed by atoms with van der Waals surface area (Å²) in [7, 11) is 2.30. The van der Waals surface area contributed by atoms with Gasteiger partial charge in [0.25, 0.3) is 5.91 Å². The van der Waals surface area contributed by atoms with Crippen LogP contribution in [0.25, 0.3) is 0 Å². The summed E-state index contributed by atoms with van der Waals surface area (Å²) >= 11 is 0. The van der Waals surface area contributed by atoms with E-state index in [0.717, 1.165) is 20.3 Å². The van der Waals surface area contributed by atoms with E-state index >= 15 is 0 Å². The van der Waals surface area contributed by atoms with Gasteiger partial charge in [-0.1, -0.05) is 18.2 Å². The van der Waals surface area contributed by atoms with E-state index in [1.165, 1.54) is 0 Å². The zero-order valence-electron chi connectivity index (χ0n) is 10.5. The Bertz CT molecular complexity index is 507. The van der Waals surface area contributed by atoms with Crippen molar-refractivity contribution >= 4 is 17.8 Å². The van der Waals surface area contributed by atoms with E-state index in [4.69, 9.17) is 0 Å². The molecule has 100 valence electrons. The van der Waals surface area contributed by atoms with Crippen LogP contribution in [0.2, 0.25) is 0 Å². The molecule has 0 unspecified atom stereocenters. The van der Waals surface area contributed by atoms with Crippen LogP contribution < -0.4 is 5.32 Å². The summed E-state index contributed by atoms with van der Waals surface area (Å²) < 4.78 is 8.85. The number of nitrogens with one attached hydrogen (secondary N) is 1. The van der Waals surface area contributed by atoms with Gasteiger partial charge in [0.2, 0.25) is 0 Å². The first-order valence-electron chi connectivity index (χ1n) is 5.33. The Morgan fingerprint density at radius 3 is 2.21 bits per heavy atom. The van der Waals surface area contributed by atoms with Gasteiger partial charge in [-0.2, -0.15) is 0 Å². The van der Waals surface area contributed by atoms with E-state index < -0.39 is 17.8 Å². The Morgan fingerprint density at radius 1 is 1.05 bits per heavy atom. The molecule has 0 aliphatic rings. The lowest BCUT2D eigenvalue weighted by molar-refractivity contribution is -0.138. The van der Waals surface area contributed by atoms with Crippen molar-refractivity contribution in [1.82, 2.24) is 5.32 Å². The third-order valence-electron chi connectivity index (χ3n) is 2.15. The van der Waals surface area contributed by atoms with E-state index in [9.17, 15) is 14.4 Å². The Morgan fingerprint density at radius 2 is 1.68 bits per heavy atom. The highest BCUT2D eigenvalue weighted by molar-refractivity contribution is 6.03. The molecule has 1 N–H and O–H groups in total. The fourth-order valence-corrected chi connectivity index (χ4v) is 1.22. The number of methoxy groups -OCH3 is 2. The first-order chi connectivity index (χ1) is 9.08. The van der Waals surface area contributed by atoms with Crippen molar-refractivity contribution in [2.75, 3.05) is 14.2 Å². The monoisotopic (exact) mass is 263 g/mol. The second-order valence-electron chi connectivity index (χ2n) is 3.39. The molecule has 1 rings (SSSR count). The third kappa shape index (κ3) is 4.27. The number of hydrogen-bond donors (Lipinski definition) is 1. The molecule has 0 atom stereocenters. The van der Waals surface area contributed by atoms with Crippen LogP contribution in [0.4, 0.5) is 0 Å². The van der Waals surface area contributed by atoms with Crippen LogP contribution in [0.5, 0.6) is 0 Å². The van der Waals surface area contributed by atoms with E-state index in [0.29, 0.717) is 5.56 Å². The SMILES string of the molecule is COC(=O)/C=C(\NC(=O)c1ccccc1)C(=O)OC. The molecule has 6 nitrogen and oxygen atoms in total. The molecule has 1 aromatic carbocycles. The Hall–Kier alpha value is -2.63. The van der Waals surface area contributed by atoms with Gasteiger partial charge < -0.3 is 14.8 Å². The molecule has 0 heterocycles. The van der Waals surface area contributed by atoms with Crippen molar-refractivity contribution in [2.24, 2.45) is 0 Å². The summed E-state index contributed by atoms with van der Waals surface area (Å²) in [4.78, 5) is 34.4. The maximum atomic E-state index is 11.8. The number of amides is 1. The normalized spacial score (nSPS) is 10.5. The molecule has 1 aromatic rings. The fraction of sp³-hybridized carbons (Fsp3) is 0.154. The van der Waals surface area contributed by atoms with E-state index in [-0.39, 0.29) is 5.70 Å². The summed E-state index contributed by atoms with van der Waals surface area (Å²) in [6, 6.07) is 8.25. The van der Waals surface area contributed by atoms with Gasteiger partial charge in [0.15, 0.2) is 0 Å². The summed E-state index contributed by atoms with van der Waals surface area (Å²) in [6.07, 6.45) is 0.854. The van der Waals surface area contributed by atoms with Gasteiger partial charge in [-0.25, -0.2) is 9.59 Å². The molecular formula is C13H13NO5. The first kappa shape index (κ1) is 14.4. The molecule has 0 spiro atoms. The molecule has 0 aliphatic carbocycles. The number of hydrogen-bond acceptors (Lipinski definition) is 5. The Balaban J connectivity index is 2.90. The Labute approximate surface area is 110 Å². The predicted octanol–water partition coefficient (Wildman–Crippen LogP) is 0.646. The zero-order chi connectivity index (χ0) is 14.3. The number of ether oxygens (including phenoxy) is 2. The molecule has 0 saturated heterocycles. The summed E-state index contributed by atoms with van der Waals surface area (Å²) in [6.45, 7) is 0. The summed E-state index contributed by atoms with van der Waals surface area (Å²) in [5.74, 6) is -2.13. The number of benzene rings is 1. The fourth-order valence-electron chi connectivity index (χ4n) is 1.22. The molecule has 0 bridgehead atoms. The second-order valence-corrected chi connectivity index (χ2v) is 3.39. The standard InChI is InChI=1S/C13H13NO5/c1-18-11(15)8-10(13(17)19-2)14-12(16)9-6-4-3-5-7-9/h3-8H,1-2H3,(H,14,16)/b10-8-. The van der Waals surface area contributed by atoms with Crippen molar-refractivity contribution in [3.05, 3.63) is 47.7 Å². The van der Waals surface area contributed by atoms with Crippen LogP contribution in [-0.2, 0) is 19.1 Å². The van der Waals surface area contributed by atoms with Crippen LogP contribution >= 0.6 is 0 Å². The molecule has 0 aliphatic heterocycles. The average Bonchev–Trinajstić information content (AvgIpc) is 2.46. The maximum absolute atomic E-state index is 11.8. The van der Waals surface area contributed by atoms with E-state index in [1.807, 2.05) is 0 Å². The largest absolute Gasteiger partial charge is 0.466 e. The third-order valence-corrected chi connectivity index (χ3v) is 2.15. The van der Waals surface area contributed by atoms with Crippen LogP contribution in [0, 0.1) is 0 Å². The highest BCUT2D eigenvalue weighted by atomic mass is 16.5. The lowest BCUT2D eigenvalue weighted by Crippen LogP contribution is -2.29. The van der Waals surface area contributed by atoms with Crippen molar-refractivity contribution in [1.29, 1.82) is 0 Å². The van der Waals surface area contributed by atoms with Gasteiger partial charge in [0.1, 0.15) is 5.70 Å². The summed E-state index contributed by atoms with van der Waals surface area (Å²) in [5.41, 5.74) is 0.0605. The van der Waals surface area contributed by atoms with Crippen molar-refractivity contribution in [3.8, 4) is 0 Å². The second kappa shape index (κ2) is 6.95. The van der Waals surface area contributed by atoms with Crippen LogP contribution in [-0.4, -0.2) is 32.1 Å². The van der Waals surface area contributed by atoms with Crippen LogP contribution in [0.3, 0.4) is 0 Å². The van der Waals surface area contributed by atoms with Gasteiger partial charge in [-0.05, 0) is 12.1 Å². The van der Waals surface area contributed by atoms with Crippen molar-refractivity contribution in [2.45, 2.75) is 0 Å². The smallest absolute Gasteiger partial charge is 0.354 e. The van der Waals surface area contributed by atoms with Crippen molar-refractivity contribution in [3.63, 3.8) is 0 Å². The molecule has 0 radical (unpaired) electrons. The first-order valence-corrected chi connectivity index (χ1v) is 5.33. The van der Waals surface area contributed by atoms with Crippen LogP contribution in [0.1, 0.15) is 10.4 Å². The van der Waals surface area contributed by atoms with Crippen molar-refractivity contribution < 1.29 is 23.9 Å². The lowest BCUT2D eigenvalue weighted by Gasteiger charge is -2.07. The molecule has 0 saturated carbocycles. The van der Waals surface area contributed by atoms with Gasteiger partial charge in [-0.3, -0.25) is 4.79 Å². The average molecular weight is 263 g/mol. The number of esters is 2. The minimum atomic E-state index is -0.838. The van der Waals surface area contributed by atoms with Gasteiger partial charge in [0, 0.05) is 5.56 Å². The van der Waals surface area contributed by atoms with Gasteiger partial charge >= 0.3 is 11.9 Å². The molecule has 0 aromatic heterocycles. The minimum absolute atomic E-state index is 0.289. The van der Waals surface area contributed by atoms with Gasteiger partial charge in [0.05, 0.1) is 20.3 Å². The highest BCUT2D eigenvalue weighted by Crippen LogP contribution is 2.01. The molecule has 6 heteroatoms. The Kier molecular flexibility index (Phi) is 5.28.